The highest BCUT2D eigenvalue weighted by molar-refractivity contribution is 5.64. The van der Waals surface area contributed by atoms with Gasteiger partial charge in [0.05, 0.1) is 6.10 Å². The van der Waals surface area contributed by atoms with Gasteiger partial charge in [0, 0.05) is 7.11 Å². The molecule has 2 heteroatoms. The predicted octanol–water partition coefficient (Wildman–Crippen LogP) is 1.80. The molecule has 0 aliphatic heterocycles. The fourth-order valence-electron chi connectivity index (χ4n) is 0.909. The van der Waals surface area contributed by atoms with E-state index in [-0.39, 0.29) is 6.10 Å². The number of aldehydes is 1. The van der Waals surface area contributed by atoms with E-state index in [0.717, 1.165) is 12.7 Å². The standard InChI is InChI=1S/C9H16O2/c1-8(2)9(11-3)6-4-5-7-10/h4-5,7-9H,6H2,1-3H3/b5-4+. The minimum Gasteiger partial charge on any atom is -0.381 e. The van der Waals surface area contributed by atoms with Crippen LogP contribution in [-0.2, 0) is 9.53 Å². The molecule has 0 aromatic carbocycles. The van der Waals surface area contributed by atoms with E-state index in [1.807, 2.05) is 6.08 Å². The fraction of sp³-hybridized carbons (Fsp3) is 0.667. The number of hydrogen-bond donors (Lipinski definition) is 0. The number of allylic oxidation sites excluding steroid dienone is 1. The van der Waals surface area contributed by atoms with Gasteiger partial charge < -0.3 is 4.74 Å². The number of ether oxygens (including phenoxy) is 1. The molecule has 0 aromatic rings. The van der Waals surface area contributed by atoms with E-state index in [1.54, 1.807) is 7.11 Å². The normalized spacial score (nSPS) is 14.2. The van der Waals surface area contributed by atoms with Gasteiger partial charge in [0.25, 0.3) is 0 Å². The third-order valence-corrected chi connectivity index (χ3v) is 1.63. The second-order valence-electron chi connectivity index (χ2n) is 2.82. The quantitative estimate of drug-likeness (QED) is 0.448. The molecule has 0 fully saturated rings. The maximum absolute atomic E-state index is 9.92. The third-order valence-electron chi connectivity index (χ3n) is 1.63. The molecular weight excluding hydrogens is 140 g/mol. The third kappa shape index (κ3) is 4.73. The summed E-state index contributed by atoms with van der Waals surface area (Å²) in [5, 5.41) is 0. The van der Waals surface area contributed by atoms with Crippen LogP contribution >= 0.6 is 0 Å². The van der Waals surface area contributed by atoms with Crippen molar-refractivity contribution in [2.75, 3.05) is 7.11 Å². The topological polar surface area (TPSA) is 26.3 Å². The molecule has 0 aliphatic carbocycles. The first-order valence-corrected chi connectivity index (χ1v) is 3.85. The Hall–Kier alpha value is -0.630. The summed E-state index contributed by atoms with van der Waals surface area (Å²) in [5.41, 5.74) is 0. The molecule has 0 rings (SSSR count). The zero-order valence-electron chi connectivity index (χ0n) is 7.41. The zero-order valence-corrected chi connectivity index (χ0v) is 7.41. The second kappa shape index (κ2) is 6.10. The van der Waals surface area contributed by atoms with Gasteiger partial charge >= 0.3 is 0 Å². The summed E-state index contributed by atoms with van der Waals surface area (Å²) in [6, 6.07) is 0. The number of hydrogen-bond acceptors (Lipinski definition) is 2. The molecule has 2 nitrogen and oxygen atoms in total. The van der Waals surface area contributed by atoms with E-state index in [9.17, 15) is 4.79 Å². The number of carbonyl (C=O) groups is 1. The summed E-state index contributed by atoms with van der Waals surface area (Å²) < 4.78 is 5.19. The van der Waals surface area contributed by atoms with Crippen LogP contribution in [0.1, 0.15) is 20.3 Å². The molecule has 0 spiro atoms. The largest absolute Gasteiger partial charge is 0.381 e. The number of carbonyl (C=O) groups excluding carboxylic acids is 1. The van der Waals surface area contributed by atoms with Crippen LogP contribution in [0.4, 0.5) is 0 Å². The average molecular weight is 156 g/mol. The van der Waals surface area contributed by atoms with Crippen molar-refractivity contribution in [1.29, 1.82) is 0 Å². The van der Waals surface area contributed by atoms with Crippen LogP contribution in [0.15, 0.2) is 12.2 Å². The maximum Gasteiger partial charge on any atom is 0.142 e. The second-order valence-corrected chi connectivity index (χ2v) is 2.82. The lowest BCUT2D eigenvalue weighted by atomic mass is 10.0. The number of rotatable bonds is 5. The molecule has 0 N–H and O–H groups in total. The van der Waals surface area contributed by atoms with E-state index in [1.165, 1.54) is 6.08 Å². The lowest BCUT2D eigenvalue weighted by molar-refractivity contribution is -0.104. The Morgan fingerprint density at radius 3 is 2.45 bits per heavy atom. The fourth-order valence-corrected chi connectivity index (χ4v) is 0.909. The summed E-state index contributed by atoms with van der Waals surface area (Å²) in [7, 11) is 1.69. The van der Waals surface area contributed by atoms with E-state index >= 15 is 0 Å². The van der Waals surface area contributed by atoms with Gasteiger partial charge in [-0.1, -0.05) is 19.9 Å². The summed E-state index contributed by atoms with van der Waals surface area (Å²) in [6.45, 7) is 4.20. The molecule has 0 bridgehead atoms. The van der Waals surface area contributed by atoms with Crippen molar-refractivity contribution >= 4 is 6.29 Å². The molecule has 0 radical (unpaired) electrons. The smallest absolute Gasteiger partial charge is 0.142 e. The molecule has 64 valence electrons. The molecule has 1 atom stereocenters. The van der Waals surface area contributed by atoms with Crippen LogP contribution in [0.5, 0.6) is 0 Å². The van der Waals surface area contributed by atoms with Gasteiger partial charge in [0.15, 0.2) is 0 Å². The van der Waals surface area contributed by atoms with Gasteiger partial charge in [0.1, 0.15) is 6.29 Å². The van der Waals surface area contributed by atoms with Crippen LogP contribution in [0.3, 0.4) is 0 Å². The van der Waals surface area contributed by atoms with Gasteiger partial charge in [0.2, 0.25) is 0 Å². The molecule has 0 aliphatic rings. The van der Waals surface area contributed by atoms with Crippen molar-refractivity contribution in [3.05, 3.63) is 12.2 Å². The van der Waals surface area contributed by atoms with E-state index in [2.05, 4.69) is 13.8 Å². The van der Waals surface area contributed by atoms with Gasteiger partial charge in [-0.25, -0.2) is 0 Å². The first kappa shape index (κ1) is 10.4. The molecule has 0 aromatic heterocycles. The Labute approximate surface area is 68.2 Å². The monoisotopic (exact) mass is 156 g/mol. The highest BCUT2D eigenvalue weighted by Gasteiger charge is 2.08. The molecule has 1 unspecified atom stereocenters. The minimum absolute atomic E-state index is 0.228. The van der Waals surface area contributed by atoms with Crippen molar-refractivity contribution in [3.63, 3.8) is 0 Å². The minimum atomic E-state index is 0.228. The molecule has 11 heavy (non-hydrogen) atoms. The SMILES string of the molecule is COC(C/C=C/C=O)C(C)C. The molecule has 0 heterocycles. The Kier molecular flexibility index (Phi) is 5.75. The summed E-state index contributed by atoms with van der Waals surface area (Å²) in [5.74, 6) is 0.497. The average Bonchev–Trinajstić information content (AvgIpc) is 1.97. The Balaban J connectivity index is 3.68. The van der Waals surface area contributed by atoms with E-state index in [0.29, 0.717) is 5.92 Å². The van der Waals surface area contributed by atoms with Crippen molar-refractivity contribution in [2.45, 2.75) is 26.4 Å². The molecule has 0 saturated carbocycles. The van der Waals surface area contributed by atoms with Gasteiger partial charge in [-0.05, 0) is 18.4 Å². The predicted molar refractivity (Wildman–Crippen MR) is 45.5 cm³/mol. The van der Waals surface area contributed by atoms with Crippen LogP contribution in [0.25, 0.3) is 0 Å². The van der Waals surface area contributed by atoms with Crippen LogP contribution in [-0.4, -0.2) is 19.5 Å². The molecule has 0 amide bonds. The van der Waals surface area contributed by atoms with Crippen molar-refractivity contribution in [3.8, 4) is 0 Å². The van der Waals surface area contributed by atoms with Crippen LogP contribution in [0.2, 0.25) is 0 Å². The lowest BCUT2D eigenvalue weighted by Gasteiger charge is -2.16. The zero-order chi connectivity index (χ0) is 8.69. The Morgan fingerprint density at radius 2 is 2.09 bits per heavy atom. The number of methoxy groups -OCH3 is 1. The molecule has 0 saturated heterocycles. The first-order chi connectivity index (χ1) is 5.22. The highest BCUT2D eigenvalue weighted by Crippen LogP contribution is 2.09. The summed E-state index contributed by atoms with van der Waals surface area (Å²) in [6.07, 6.45) is 5.17. The Morgan fingerprint density at radius 1 is 1.45 bits per heavy atom. The van der Waals surface area contributed by atoms with E-state index < -0.39 is 0 Å². The Bertz CT molecular complexity index is 128. The van der Waals surface area contributed by atoms with Crippen molar-refractivity contribution in [2.24, 2.45) is 5.92 Å². The van der Waals surface area contributed by atoms with Crippen molar-refractivity contribution in [1.82, 2.24) is 0 Å². The first-order valence-electron chi connectivity index (χ1n) is 3.85. The van der Waals surface area contributed by atoms with Gasteiger partial charge in [-0.3, -0.25) is 4.79 Å². The highest BCUT2D eigenvalue weighted by atomic mass is 16.5. The van der Waals surface area contributed by atoms with Crippen molar-refractivity contribution < 1.29 is 9.53 Å². The van der Waals surface area contributed by atoms with E-state index in [4.69, 9.17) is 4.74 Å². The maximum atomic E-state index is 9.92. The van der Waals surface area contributed by atoms with Crippen LogP contribution in [0, 0.1) is 5.92 Å². The summed E-state index contributed by atoms with van der Waals surface area (Å²) in [4.78, 5) is 9.92. The lowest BCUT2D eigenvalue weighted by Crippen LogP contribution is -2.16. The van der Waals surface area contributed by atoms with Gasteiger partial charge in [-0.2, -0.15) is 0 Å². The van der Waals surface area contributed by atoms with Crippen LogP contribution < -0.4 is 0 Å². The summed E-state index contributed by atoms with van der Waals surface area (Å²) >= 11 is 0. The molecular formula is C9H16O2. The van der Waals surface area contributed by atoms with Gasteiger partial charge in [-0.15, -0.1) is 0 Å².